The third-order valence-electron chi connectivity index (χ3n) is 4.54. The molecule has 7 heteroatoms. The Labute approximate surface area is 168 Å². The predicted octanol–water partition coefficient (Wildman–Crippen LogP) is 2.58. The quantitative estimate of drug-likeness (QED) is 0.561. The molecule has 3 aromatic rings. The van der Waals surface area contributed by atoms with E-state index in [9.17, 15) is 14.4 Å². The fraction of sp³-hybridized carbons (Fsp3) is 0.227. The first-order valence-corrected chi connectivity index (χ1v) is 9.35. The number of benzene rings is 2. The number of carbonyl (C=O) groups excluding carboxylic acids is 3. The minimum absolute atomic E-state index is 0.114. The monoisotopic (exact) mass is 393 g/mol. The van der Waals surface area contributed by atoms with Crippen molar-refractivity contribution in [1.82, 2.24) is 16.2 Å². The molecule has 0 spiro atoms. The van der Waals surface area contributed by atoms with Crippen molar-refractivity contribution in [3.05, 3.63) is 72.2 Å². The number of carbonyl (C=O) groups is 3. The van der Waals surface area contributed by atoms with Crippen LogP contribution < -0.4 is 16.2 Å². The molecule has 0 saturated heterocycles. The van der Waals surface area contributed by atoms with Crippen molar-refractivity contribution in [1.29, 1.82) is 0 Å². The van der Waals surface area contributed by atoms with Gasteiger partial charge in [-0.15, -0.1) is 0 Å². The van der Waals surface area contributed by atoms with E-state index >= 15 is 0 Å². The Hall–Kier alpha value is -3.61. The van der Waals surface area contributed by atoms with Crippen LogP contribution in [-0.4, -0.2) is 23.8 Å². The zero-order valence-electron chi connectivity index (χ0n) is 16.3. The topological polar surface area (TPSA) is 100 Å². The van der Waals surface area contributed by atoms with Gasteiger partial charge in [0.15, 0.2) is 5.76 Å². The summed E-state index contributed by atoms with van der Waals surface area (Å²) in [7, 11) is 0. The van der Waals surface area contributed by atoms with Crippen LogP contribution in [0.2, 0.25) is 0 Å². The number of hydrogen-bond acceptors (Lipinski definition) is 4. The number of nitrogens with one attached hydrogen (secondary N) is 3. The largest absolute Gasteiger partial charge is 0.459 e. The standard InChI is InChI=1S/C22H23N3O4/c1-14(2)20(23-21(27)18-11-6-12-29-18)22(28)25-24-19(26)13-16-9-5-8-15-7-3-4-10-17(15)16/h3-12,14,20H,13H2,1-2H3,(H,23,27)(H,24,26)(H,25,28)/t20-/m0/s1. The third-order valence-corrected chi connectivity index (χ3v) is 4.54. The summed E-state index contributed by atoms with van der Waals surface area (Å²) in [4.78, 5) is 37.0. The highest BCUT2D eigenvalue weighted by Gasteiger charge is 2.26. The number of hydrazine groups is 1. The molecular weight excluding hydrogens is 370 g/mol. The number of fused-ring (bicyclic) bond motifs is 1. The summed E-state index contributed by atoms with van der Waals surface area (Å²) in [5.74, 6) is -1.43. The maximum atomic E-state index is 12.5. The van der Waals surface area contributed by atoms with Gasteiger partial charge in [-0.3, -0.25) is 25.2 Å². The second-order valence-corrected chi connectivity index (χ2v) is 7.02. The average molecular weight is 393 g/mol. The zero-order valence-corrected chi connectivity index (χ0v) is 16.3. The minimum Gasteiger partial charge on any atom is -0.459 e. The lowest BCUT2D eigenvalue weighted by atomic mass is 10.0. The Bertz CT molecular complexity index is 1010. The fourth-order valence-electron chi connectivity index (χ4n) is 3.03. The molecular formula is C22H23N3O4. The van der Waals surface area contributed by atoms with Crippen LogP contribution in [-0.2, 0) is 16.0 Å². The van der Waals surface area contributed by atoms with Crippen LogP contribution in [0, 0.1) is 5.92 Å². The van der Waals surface area contributed by atoms with Crippen molar-refractivity contribution in [2.24, 2.45) is 5.92 Å². The van der Waals surface area contributed by atoms with Gasteiger partial charge in [0.1, 0.15) is 6.04 Å². The number of hydrogen-bond donors (Lipinski definition) is 3. The van der Waals surface area contributed by atoms with Crippen LogP contribution >= 0.6 is 0 Å². The van der Waals surface area contributed by atoms with Crippen LogP contribution in [0.1, 0.15) is 30.0 Å². The molecule has 3 rings (SSSR count). The lowest BCUT2D eigenvalue weighted by Crippen LogP contribution is -2.54. The highest BCUT2D eigenvalue weighted by Crippen LogP contribution is 2.18. The molecule has 0 unspecified atom stereocenters. The summed E-state index contributed by atoms with van der Waals surface area (Å²) in [6.07, 6.45) is 1.50. The fourth-order valence-corrected chi connectivity index (χ4v) is 3.03. The normalized spacial score (nSPS) is 11.8. The van der Waals surface area contributed by atoms with Crippen molar-refractivity contribution in [2.45, 2.75) is 26.3 Å². The van der Waals surface area contributed by atoms with E-state index in [0.717, 1.165) is 16.3 Å². The molecule has 1 aromatic heterocycles. The summed E-state index contributed by atoms with van der Waals surface area (Å²) < 4.78 is 5.04. The Morgan fingerprint density at radius 1 is 0.931 bits per heavy atom. The summed E-state index contributed by atoms with van der Waals surface area (Å²) in [6.45, 7) is 3.59. The first kappa shape index (κ1) is 20.1. The molecule has 0 aliphatic heterocycles. The molecule has 1 atom stereocenters. The lowest BCUT2D eigenvalue weighted by molar-refractivity contribution is -0.130. The number of furan rings is 1. The van der Waals surface area contributed by atoms with E-state index in [1.165, 1.54) is 12.3 Å². The van der Waals surface area contributed by atoms with E-state index in [1.54, 1.807) is 19.9 Å². The molecule has 0 bridgehead atoms. The van der Waals surface area contributed by atoms with E-state index < -0.39 is 17.9 Å². The number of amides is 3. The van der Waals surface area contributed by atoms with Gasteiger partial charge in [-0.25, -0.2) is 0 Å². The van der Waals surface area contributed by atoms with Gasteiger partial charge in [0.2, 0.25) is 5.91 Å². The van der Waals surface area contributed by atoms with E-state index in [-0.39, 0.29) is 24.0 Å². The lowest BCUT2D eigenvalue weighted by Gasteiger charge is -2.21. The molecule has 7 nitrogen and oxygen atoms in total. The second-order valence-electron chi connectivity index (χ2n) is 7.02. The Morgan fingerprint density at radius 2 is 1.69 bits per heavy atom. The SMILES string of the molecule is CC(C)[C@H](NC(=O)c1ccco1)C(=O)NNC(=O)Cc1cccc2ccccc12. The maximum Gasteiger partial charge on any atom is 0.287 e. The molecule has 0 radical (unpaired) electrons. The summed E-state index contributed by atoms with van der Waals surface area (Å²) in [6, 6.07) is 15.8. The smallest absolute Gasteiger partial charge is 0.287 e. The first-order valence-electron chi connectivity index (χ1n) is 9.35. The van der Waals surface area contributed by atoms with Gasteiger partial charge in [-0.1, -0.05) is 56.3 Å². The second kappa shape index (κ2) is 9.05. The van der Waals surface area contributed by atoms with E-state index in [0.29, 0.717) is 0 Å². The van der Waals surface area contributed by atoms with Crippen LogP contribution in [0.3, 0.4) is 0 Å². The van der Waals surface area contributed by atoms with Crippen molar-refractivity contribution in [2.75, 3.05) is 0 Å². The van der Waals surface area contributed by atoms with E-state index in [1.807, 2.05) is 42.5 Å². The van der Waals surface area contributed by atoms with Crippen LogP contribution in [0.4, 0.5) is 0 Å². The molecule has 3 amide bonds. The Kier molecular flexibility index (Phi) is 6.29. The maximum absolute atomic E-state index is 12.5. The summed E-state index contributed by atoms with van der Waals surface area (Å²) in [5.41, 5.74) is 5.69. The molecule has 150 valence electrons. The van der Waals surface area contributed by atoms with Gasteiger partial charge >= 0.3 is 0 Å². The molecule has 0 aliphatic carbocycles. The molecule has 0 aliphatic rings. The van der Waals surface area contributed by atoms with Crippen LogP contribution in [0.15, 0.2) is 65.3 Å². The third kappa shape index (κ3) is 5.01. The Morgan fingerprint density at radius 3 is 2.41 bits per heavy atom. The van der Waals surface area contributed by atoms with Gasteiger partial charge in [-0.2, -0.15) is 0 Å². The predicted molar refractivity (Wildman–Crippen MR) is 109 cm³/mol. The van der Waals surface area contributed by atoms with Crippen molar-refractivity contribution in [3.63, 3.8) is 0 Å². The zero-order chi connectivity index (χ0) is 20.8. The molecule has 1 heterocycles. The van der Waals surface area contributed by atoms with Gasteiger partial charge < -0.3 is 9.73 Å². The average Bonchev–Trinajstić information content (AvgIpc) is 3.25. The van der Waals surface area contributed by atoms with Gasteiger partial charge in [0.05, 0.1) is 12.7 Å². The Balaban J connectivity index is 1.59. The summed E-state index contributed by atoms with van der Waals surface area (Å²) in [5, 5.41) is 4.65. The number of rotatable bonds is 6. The van der Waals surface area contributed by atoms with Gasteiger partial charge in [-0.05, 0) is 34.4 Å². The summed E-state index contributed by atoms with van der Waals surface area (Å²) >= 11 is 0. The van der Waals surface area contributed by atoms with Crippen molar-refractivity contribution in [3.8, 4) is 0 Å². The van der Waals surface area contributed by atoms with E-state index in [2.05, 4.69) is 16.2 Å². The first-order chi connectivity index (χ1) is 14.0. The van der Waals surface area contributed by atoms with Crippen molar-refractivity contribution >= 4 is 28.5 Å². The molecule has 0 fully saturated rings. The van der Waals surface area contributed by atoms with Crippen molar-refractivity contribution < 1.29 is 18.8 Å². The van der Waals surface area contributed by atoms with Gasteiger partial charge in [0.25, 0.3) is 11.8 Å². The molecule has 2 aromatic carbocycles. The molecule has 3 N–H and O–H groups in total. The van der Waals surface area contributed by atoms with Gasteiger partial charge in [0, 0.05) is 0 Å². The minimum atomic E-state index is -0.828. The molecule has 29 heavy (non-hydrogen) atoms. The van der Waals surface area contributed by atoms with E-state index in [4.69, 9.17) is 4.42 Å². The highest BCUT2D eigenvalue weighted by molar-refractivity contribution is 5.96. The molecule has 0 saturated carbocycles. The van der Waals surface area contributed by atoms with Crippen LogP contribution in [0.5, 0.6) is 0 Å². The van der Waals surface area contributed by atoms with Crippen LogP contribution in [0.25, 0.3) is 10.8 Å². The highest BCUT2D eigenvalue weighted by atomic mass is 16.3.